The van der Waals surface area contributed by atoms with E-state index in [4.69, 9.17) is 13.9 Å². The molecule has 0 amide bonds. The van der Waals surface area contributed by atoms with Gasteiger partial charge >= 0.3 is 5.97 Å². The van der Waals surface area contributed by atoms with Gasteiger partial charge in [0.15, 0.2) is 11.5 Å². The largest absolute Gasteiger partial charge is 0.493 e. The van der Waals surface area contributed by atoms with Crippen molar-refractivity contribution in [2.45, 2.75) is 13.5 Å². The van der Waals surface area contributed by atoms with Crippen LogP contribution in [0.4, 0.5) is 0 Å². The van der Waals surface area contributed by atoms with Crippen LogP contribution in [0, 0.1) is 6.92 Å². The lowest BCUT2D eigenvalue weighted by Crippen LogP contribution is -1.99. The average molecular weight is 405 g/mol. The Bertz CT molecular complexity index is 1050. The van der Waals surface area contributed by atoms with Crippen molar-refractivity contribution in [3.05, 3.63) is 83.8 Å². The number of aryl methyl sites for hydroxylation is 1. The van der Waals surface area contributed by atoms with Crippen molar-refractivity contribution in [3.63, 3.8) is 0 Å². The summed E-state index contributed by atoms with van der Waals surface area (Å²) in [4.78, 5) is 15.6. The number of hydrogen-bond acceptors (Lipinski definition) is 6. The molecule has 0 bridgehead atoms. The number of ether oxygens (including phenoxy) is 3. The van der Waals surface area contributed by atoms with Gasteiger partial charge in [0, 0.05) is 11.6 Å². The van der Waals surface area contributed by atoms with E-state index < -0.39 is 5.97 Å². The van der Waals surface area contributed by atoms with Crippen LogP contribution in [0.5, 0.6) is 11.5 Å². The Hall–Kier alpha value is -3.80. The zero-order valence-corrected chi connectivity index (χ0v) is 17.1. The van der Waals surface area contributed by atoms with Gasteiger partial charge in [-0.25, -0.2) is 9.78 Å². The topological polar surface area (TPSA) is 70.8 Å². The summed E-state index contributed by atoms with van der Waals surface area (Å²) in [5.74, 6) is 2.07. The number of rotatable bonds is 8. The summed E-state index contributed by atoms with van der Waals surface area (Å²) < 4.78 is 21.7. The van der Waals surface area contributed by atoms with Gasteiger partial charge in [0.2, 0.25) is 5.89 Å². The number of hydrogen-bond donors (Lipinski definition) is 0. The number of benzene rings is 2. The van der Waals surface area contributed by atoms with Crippen LogP contribution in [0.15, 0.2) is 71.2 Å². The molecule has 0 atom stereocenters. The van der Waals surface area contributed by atoms with E-state index in [9.17, 15) is 4.79 Å². The molecule has 6 nitrogen and oxygen atoms in total. The Morgan fingerprint density at radius 3 is 2.60 bits per heavy atom. The first-order valence-corrected chi connectivity index (χ1v) is 9.36. The molecule has 0 unspecified atom stereocenters. The van der Waals surface area contributed by atoms with E-state index in [1.54, 1.807) is 19.3 Å². The third-order valence-corrected chi connectivity index (χ3v) is 4.30. The van der Waals surface area contributed by atoms with Crippen molar-refractivity contribution in [2.75, 3.05) is 14.2 Å². The summed E-state index contributed by atoms with van der Waals surface area (Å²) in [6.45, 7) is 2.13. The lowest BCUT2D eigenvalue weighted by molar-refractivity contribution is -0.134. The Kier molecular flexibility index (Phi) is 7.05. The fourth-order valence-corrected chi connectivity index (χ4v) is 2.69. The molecule has 0 aliphatic heterocycles. The van der Waals surface area contributed by atoms with Gasteiger partial charge in [-0.2, -0.15) is 0 Å². The molecule has 1 aromatic heterocycles. The molecular formula is C24H23NO5. The highest BCUT2D eigenvalue weighted by atomic mass is 16.5. The standard InChI is InChI=1S/C24H23NO5/c1-17-20(25-24(30-17)19-10-5-4-6-11-19)16-29-21-14-13-18(15-22(21)27-2)9-7-8-12-23(26)28-3/h4-15H,16H2,1-3H3/b9-7+,12-8+. The van der Waals surface area contributed by atoms with Crippen LogP contribution >= 0.6 is 0 Å². The minimum atomic E-state index is -0.403. The first kappa shape index (κ1) is 20.9. The minimum absolute atomic E-state index is 0.260. The minimum Gasteiger partial charge on any atom is -0.493 e. The van der Waals surface area contributed by atoms with E-state index in [0.717, 1.165) is 16.8 Å². The van der Waals surface area contributed by atoms with Crippen LogP contribution in [-0.4, -0.2) is 25.2 Å². The molecule has 3 rings (SSSR count). The fraction of sp³-hybridized carbons (Fsp3) is 0.167. The SMILES string of the molecule is COC(=O)/C=C/C=C/c1ccc(OCc2nc(-c3ccccc3)oc2C)c(OC)c1. The predicted molar refractivity (Wildman–Crippen MR) is 114 cm³/mol. The van der Waals surface area contributed by atoms with E-state index in [1.165, 1.54) is 13.2 Å². The number of esters is 1. The highest BCUT2D eigenvalue weighted by molar-refractivity contribution is 5.82. The third-order valence-electron chi connectivity index (χ3n) is 4.30. The maximum absolute atomic E-state index is 11.1. The fourth-order valence-electron chi connectivity index (χ4n) is 2.69. The highest BCUT2D eigenvalue weighted by Gasteiger charge is 2.13. The van der Waals surface area contributed by atoms with Gasteiger partial charge < -0.3 is 18.6 Å². The molecule has 2 aromatic carbocycles. The lowest BCUT2D eigenvalue weighted by atomic mass is 10.2. The Morgan fingerprint density at radius 2 is 1.87 bits per heavy atom. The molecule has 3 aromatic rings. The van der Waals surface area contributed by atoms with Crippen molar-refractivity contribution in [2.24, 2.45) is 0 Å². The number of oxazole rings is 1. The molecule has 0 fully saturated rings. The molecule has 0 aliphatic carbocycles. The third kappa shape index (κ3) is 5.38. The summed E-state index contributed by atoms with van der Waals surface area (Å²) in [6, 6.07) is 15.3. The monoisotopic (exact) mass is 405 g/mol. The summed E-state index contributed by atoms with van der Waals surface area (Å²) in [7, 11) is 2.92. The molecule has 30 heavy (non-hydrogen) atoms. The first-order chi connectivity index (χ1) is 14.6. The van der Waals surface area contributed by atoms with E-state index in [2.05, 4.69) is 9.72 Å². The zero-order valence-electron chi connectivity index (χ0n) is 17.1. The van der Waals surface area contributed by atoms with Crippen LogP contribution in [0.2, 0.25) is 0 Å². The van der Waals surface area contributed by atoms with Crippen molar-refractivity contribution < 1.29 is 23.4 Å². The number of allylic oxidation sites excluding steroid dienone is 2. The summed E-state index contributed by atoms with van der Waals surface area (Å²) in [5.41, 5.74) is 2.55. The van der Waals surface area contributed by atoms with E-state index in [0.29, 0.717) is 23.1 Å². The second kappa shape index (κ2) is 10.1. The van der Waals surface area contributed by atoms with Crippen molar-refractivity contribution >= 4 is 12.0 Å². The summed E-state index contributed by atoms with van der Waals surface area (Å²) >= 11 is 0. The predicted octanol–water partition coefficient (Wildman–Crippen LogP) is 4.98. The van der Waals surface area contributed by atoms with Crippen molar-refractivity contribution in [3.8, 4) is 23.0 Å². The molecule has 1 heterocycles. The smallest absolute Gasteiger partial charge is 0.330 e. The lowest BCUT2D eigenvalue weighted by Gasteiger charge is -2.10. The van der Waals surface area contributed by atoms with Gasteiger partial charge in [0.05, 0.1) is 14.2 Å². The number of carbonyl (C=O) groups is 1. The molecule has 0 spiro atoms. The van der Waals surface area contributed by atoms with Crippen LogP contribution in [0.3, 0.4) is 0 Å². The van der Waals surface area contributed by atoms with Crippen LogP contribution < -0.4 is 9.47 Å². The van der Waals surface area contributed by atoms with E-state index in [1.807, 2.05) is 61.5 Å². The Labute approximate surface area is 175 Å². The van der Waals surface area contributed by atoms with Gasteiger partial charge in [0.25, 0.3) is 0 Å². The van der Waals surface area contributed by atoms with E-state index in [-0.39, 0.29) is 6.61 Å². The molecule has 0 aliphatic rings. The Morgan fingerprint density at radius 1 is 1.07 bits per heavy atom. The first-order valence-electron chi connectivity index (χ1n) is 9.36. The summed E-state index contributed by atoms with van der Waals surface area (Å²) in [6.07, 6.45) is 6.55. The highest BCUT2D eigenvalue weighted by Crippen LogP contribution is 2.30. The van der Waals surface area contributed by atoms with Gasteiger partial charge in [-0.15, -0.1) is 0 Å². The summed E-state index contributed by atoms with van der Waals surface area (Å²) in [5, 5.41) is 0. The number of nitrogens with zero attached hydrogens (tertiary/aromatic N) is 1. The van der Waals surface area contributed by atoms with Crippen LogP contribution in [0.1, 0.15) is 17.0 Å². The molecule has 0 saturated carbocycles. The Balaban J connectivity index is 1.68. The van der Waals surface area contributed by atoms with Gasteiger partial charge in [-0.1, -0.05) is 42.5 Å². The molecule has 0 N–H and O–H groups in total. The number of carbonyl (C=O) groups excluding carboxylic acids is 1. The van der Waals surface area contributed by atoms with E-state index >= 15 is 0 Å². The van der Waals surface area contributed by atoms with Crippen molar-refractivity contribution in [1.82, 2.24) is 4.98 Å². The van der Waals surface area contributed by atoms with Gasteiger partial charge in [-0.05, 0) is 36.8 Å². The van der Waals surface area contributed by atoms with Crippen LogP contribution in [0.25, 0.3) is 17.5 Å². The molecule has 154 valence electrons. The number of methoxy groups -OCH3 is 2. The number of aromatic nitrogens is 1. The average Bonchev–Trinajstić information content (AvgIpc) is 3.16. The van der Waals surface area contributed by atoms with Gasteiger partial charge in [-0.3, -0.25) is 0 Å². The zero-order chi connectivity index (χ0) is 21.3. The normalized spacial score (nSPS) is 11.2. The quantitative estimate of drug-likeness (QED) is 0.299. The molecule has 0 saturated heterocycles. The molecular weight excluding hydrogens is 382 g/mol. The molecule has 6 heteroatoms. The van der Waals surface area contributed by atoms with Crippen LogP contribution in [-0.2, 0) is 16.1 Å². The second-order valence-corrected chi connectivity index (χ2v) is 6.33. The second-order valence-electron chi connectivity index (χ2n) is 6.33. The molecule has 0 radical (unpaired) electrons. The van der Waals surface area contributed by atoms with Gasteiger partial charge in [0.1, 0.15) is 18.1 Å². The maximum atomic E-state index is 11.1. The van der Waals surface area contributed by atoms with Crippen molar-refractivity contribution in [1.29, 1.82) is 0 Å². The maximum Gasteiger partial charge on any atom is 0.330 e.